The highest BCUT2D eigenvalue weighted by molar-refractivity contribution is 9.10. The number of aryl methyl sites for hydroxylation is 1. The molecule has 0 fully saturated rings. The Bertz CT molecular complexity index is 779. The first kappa shape index (κ1) is 13.8. The Labute approximate surface area is 129 Å². The lowest BCUT2D eigenvalue weighted by Gasteiger charge is -2.17. The number of hydrogen-bond acceptors (Lipinski definition) is 3. The van der Waals surface area contributed by atoms with Gasteiger partial charge >= 0.3 is 0 Å². The molecule has 1 amide bonds. The van der Waals surface area contributed by atoms with E-state index >= 15 is 0 Å². The van der Waals surface area contributed by atoms with E-state index in [4.69, 9.17) is 0 Å². The third-order valence-corrected chi connectivity index (χ3v) is 4.11. The van der Waals surface area contributed by atoms with Crippen LogP contribution < -0.4 is 4.90 Å². The number of halogens is 1. The van der Waals surface area contributed by atoms with Crippen LogP contribution in [-0.4, -0.2) is 28.6 Å². The van der Waals surface area contributed by atoms with Gasteiger partial charge in [0, 0.05) is 17.7 Å². The van der Waals surface area contributed by atoms with Gasteiger partial charge in [-0.05, 0) is 40.2 Å². The fourth-order valence-corrected chi connectivity index (χ4v) is 3.02. The molecule has 21 heavy (non-hydrogen) atoms. The van der Waals surface area contributed by atoms with Gasteiger partial charge in [0.05, 0.1) is 23.5 Å². The van der Waals surface area contributed by atoms with Crippen molar-refractivity contribution in [2.45, 2.75) is 0 Å². The molecular weight excluding hydrogens is 336 g/mol. The van der Waals surface area contributed by atoms with Crippen LogP contribution in [0.3, 0.4) is 0 Å². The number of ketones is 2. The average Bonchev–Trinajstić information content (AvgIpc) is 2.98. The predicted octanol–water partition coefficient (Wildman–Crippen LogP) is 2.20. The maximum absolute atomic E-state index is 12.3. The van der Waals surface area contributed by atoms with Crippen LogP contribution in [0.5, 0.6) is 0 Å². The second-order valence-electron chi connectivity index (χ2n) is 4.78. The van der Waals surface area contributed by atoms with Crippen LogP contribution in [0.4, 0.5) is 5.69 Å². The molecule has 0 saturated heterocycles. The molecule has 1 aliphatic heterocycles. The zero-order valence-corrected chi connectivity index (χ0v) is 12.8. The minimum absolute atomic E-state index is 0.155. The molecule has 0 atom stereocenters. The first-order valence-electron chi connectivity index (χ1n) is 6.30. The van der Waals surface area contributed by atoms with Crippen molar-refractivity contribution in [1.29, 1.82) is 0 Å². The topological polar surface area (TPSA) is 59.4 Å². The van der Waals surface area contributed by atoms with E-state index in [0.717, 1.165) is 0 Å². The van der Waals surface area contributed by atoms with Crippen LogP contribution in [0, 0.1) is 0 Å². The number of hydrogen-bond donors (Lipinski definition) is 0. The van der Waals surface area contributed by atoms with Gasteiger partial charge in [-0.1, -0.05) is 6.07 Å². The summed E-state index contributed by atoms with van der Waals surface area (Å²) < 4.78 is 2.31. The molecule has 1 aromatic heterocycles. The van der Waals surface area contributed by atoms with Crippen LogP contribution in [0.1, 0.15) is 20.8 Å². The molecule has 0 aliphatic carbocycles. The highest BCUT2D eigenvalue weighted by Gasteiger charge is 2.38. The highest BCUT2D eigenvalue weighted by Crippen LogP contribution is 2.35. The summed E-state index contributed by atoms with van der Waals surface area (Å²) in [6.07, 6.45) is 1.76. The molecule has 0 bridgehead atoms. The Morgan fingerprint density at radius 2 is 1.95 bits per heavy atom. The molecule has 106 valence electrons. The number of Topliss-reactive ketones (excluding diaryl/α,β-unsaturated/α-hetero) is 2. The Kier molecular flexibility index (Phi) is 3.25. The lowest BCUT2D eigenvalue weighted by atomic mass is 10.1. The average molecular weight is 347 g/mol. The predicted molar refractivity (Wildman–Crippen MR) is 80.6 cm³/mol. The van der Waals surface area contributed by atoms with Gasteiger partial charge < -0.3 is 4.57 Å². The summed E-state index contributed by atoms with van der Waals surface area (Å²) in [6.45, 7) is -0.155. The Morgan fingerprint density at radius 1 is 1.19 bits per heavy atom. The second kappa shape index (κ2) is 4.96. The van der Waals surface area contributed by atoms with Gasteiger partial charge in [-0.15, -0.1) is 0 Å². The van der Waals surface area contributed by atoms with Gasteiger partial charge in [0.25, 0.3) is 11.7 Å². The number of amides is 1. The van der Waals surface area contributed by atoms with Crippen molar-refractivity contribution in [2.24, 2.45) is 7.05 Å². The molecule has 5 nitrogen and oxygen atoms in total. The number of aromatic nitrogens is 1. The Balaban J connectivity index is 1.98. The number of carbonyl (C=O) groups is 3. The summed E-state index contributed by atoms with van der Waals surface area (Å²) in [5.41, 5.74) is 1.29. The van der Waals surface area contributed by atoms with Gasteiger partial charge in [-0.25, -0.2) is 0 Å². The number of fused-ring (bicyclic) bond motifs is 1. The molecule has 6 heteroatoms. The number of benzene rings is 1. The van der Waals surface area contributed by atoms with Crippen molar-refractivity contribution in [3.05, 3.63) is 52.3 Å². The Hall–Kier alpha value is -2.21. The molecule has 0 unspecified atom stereocenters. The molecule has 1 aliphatic rings. The van der Waals surface area contributed by atoms with Gasteiger partial charge in [0.1, 0.15) is 0 Å². The number of carbonyl (C=O) groups excluding carboxylic acids is 3. The lowest BCUT2D eigenvalue weighted by molar-refractivity contribution is -0.114. The fourth-order valence-electron chi connectivity index (χ4n) is 2.44. The first-order chi connectivity index (χ1) is 10.0. The summed E-state index contributed by atoms with van der Waals surface area (Å²) in [6, 6.07) is 8.47. The summed E-state index contributed by atoms with van der Waals surface area (Å²) in [7, 11) is 1.76. The normalized spacial score (nSPS) is 13.7. The molecule has 0 saturated carbocycles. The lowest BCUT2D eigenvalue weighted by Crippen LogP contribution is -2.35. The number of rotatable bonds is 3. The van der Waals surface area contributed by atoms with Crippen molar-refractivity contribution >= 4 is 39.1 Å². The van der Waals surface area contributed by atoms with E-state index in [-0.39, 0.29) is 12.3 Å². The molecule has 0 N–H and O–H groups in total. The maximum Gasteiger partial charge on any atom is 0.299 e. The quantitative estimate of drug-likeness (QED) is 0.632. The smallest absolute Gasteiger partial charge is 0.299 e. The molecule has 0 spiro atoms. The maximum atomic E-state index is 12.3. The van der Waals surface area contributed by atoms with Crippen molar-refractivity contribution in [2.75, 3.05) is 11.4 Å². The van der Waals surface area contributed by atoms with Gasteiger partial charge in [-0.3, -0.25) is 19.3 Å². The summed E-state index contributed by atoms with van der Waals surface area (Å²) in [4.78, 5) is 37.6. The fraction of sp³-hybridized carbons (Fsp3) is 0.133. The summed E-state index contributed by atoms with van der Waals surface area (Å²) in [5, 5.41) is 0. The minimum Gasteiger partial charge on any atom is -0.348 e. The largest absolute Gasteiger partial charge is 0.348 e. The SMILES string of the molecule is Cn1cccc1C(=O)CN1C(=O)C(=O)c2cccc(Br)c21. The van der Waals surface area contributed by atoms with Crippen LogP contribution in [0.25, 0.3) is 0 Å². The Morgan fingerprint density at radius 3 is 2.62 bits per heavy atom. The van der Waals surface area contributed by atoms with Crippen LogP contribution in [0.2, 0.25) is 0 Å². The third-order valence-electron chi connectivity index (χ3n) is 3.47. The van der Waals surface area contributed by atoms with Crippen molar-refractivity contribution in [3.8, 4) is 0 Å². The number of para-hydroxylation sites is 1. The van der Waals surface area contributed by atoms with E-state index < -0.39 is 11.7 Å². The van der Waals surface area contributed by atoms with E-state index in [1.165, 1.54) is 4.90 Å². The molecule has 2 aromatic rings. The van der Waals surface area contributed by atoms with Crippen molar-refractivity contribution in [3.63, 3.8) is 0 Å². The molecule has 3 rings (SSSR count). The van der Waals surface area contributed by atoms with E-state index in [1.807, 2.05) is 0 Å². The van der Waals surface area contributed by atoms with E-state index in [1.54, 1.807) is 48.1 Å². The molecule has 1 aromatic carbocycles. The highest BCUT2D eigenvalue weighted by atomic mass is 79.9. The summed E-state index contributed by atoms with van der Waals surface area (Å²) >= 11 is 3.33. The zero-order chi connectivity index (χ0) is 15.1. The molecular formula is C15H11BrN2O3. The minimum atomic E-state index is -0.667. The summed E-state index contributed by atoms with van der Waals surface area (Å²) in [5.74, 6) is -1.46. The van der Waals surface area contributed by atoms with Crippen LogP contribution >= 0.6 is 15.9 Å². The van der Waals surface area contributed by atoms with Gasteiger partial charge in [0.2, 0.25) is 0 Å². The zero-order valence-electron chi connectivity index (χ0n) is 11.2. The van der Waals surface area contributed by atoms with E-state index in [2.05, 4.69) is 15.9 Å². The first-order valence-corrected chi connectivity index (χ1v) is 7.09. The molecule has 0 radical (unpaired) electrons. The van der Waals surface area contributed by atoms with Gasteiger partial charge in [-0.2, -0.15) is 0 Å². The number of nitrogens with zero attached hydrogens (tertiary/aromatic N) is 2. The number of anilines is 1. The van der Waals surface area contributed by atoms with E-state index in [0.29, 0.717) is 21.4 Å². The van der Waals surface area contributed by atoms with Crippen molar-refractivity contribution < 1.29 is 14.4 Å². The van der Waals surface area contributed by atoms with Crippen molar-refractivity contribution in [1.82, 2.24) is 4.57 Å². The van der Waals surface area contributed by atoms with Crippen LogP contribution in [0.15, 0.2) is 41.0 Å². The third kappa shape index (κ3) is 2.12. The van der Waals surface area contributed by atoms with Crippen LogP contribution in [-0.2, 0) is 11.8 Å². The van der Waals surface area contributed by atoms with Gasteiger partial charge in [0.15, 0.2) is 5.78 Å². The van der Waals surface area contributed by atoms with E-state index in [9.17, 15) is 14.4 Å². The standard InChI is InChI=1S/C15H11BrN2O3/c1-17-7-3-6-11(17)12(19)8-18-13-9(14(20)15(18)21)4-2-5-10(13)16/h2-7H,8H2,1H3. The second-order valence-corrected chi connectivity index (χ2v) is 5.64. The molecule has 2 heterocycles. The monoisotopic (exact) mass is 346 g/mol.